The van der Waals surface area contributed by atoms with Crippen LogP contribution in [0.15, 0.2) is 47.4 Å². The Morgan fingerprint density at radius 1 is 1.19 bits per heavy atom. The average molecular weight is 447 g/mol. The molecular weight excluding hydrogens is 423 g/mol. The fraction of sp³-hybridized carbons (Fsp3) is 0.318. The zero-order chi connectivity index (χ0) is 22.3. The van der Waals surface area contributed by atoms with Crippen LogP contribution in [0.25, 0.3) is 0 Å². The van der Waals surface area contributed by atoms with Crippen LogP contribution in [-0.4, -0.2) is 58.1 Å². The number of terminal acetylenes is 1. The van der Waals surface area contributed by atoms with E-state index in [1.165, 1.54) is 6.07 Å². The number of morpholine rings is 1. The number of hydrogen-bond donors (Lipinski definition) is 1. The van der Waals surface area contributed by atoms with Gasteiger partial charge in [0.2, 0.25) is 10.0 Å². The van der Waals surface area contributed by atoms with Crippen molar-refractivity contribution in [1.82, 2.24) is 9.62 Å². The molecule has 9 heteroatoms. The minimum absolute atomic E-state index is 0.0752. The molecule has 164 valence electrons. The molecule has 31 heavy (non-hydrogen) atoms. The topological polar surface area (TPSA) is 84.9 Å². The summed E-state index contributed by atoms with van der Waals surface area (Å²) in [6.45, 7) is 1.30. The lowest BCUT2D eigenvalue weighted by Crippen LogP contribution is -2.41. The standard InChI is InChI=1S/C22H23FN2O5S/c1-2-13-30-19-6-3-17(4-7-19)9-10-24-22(26)18-5-8-20(23)21(16-18)31(27,28)25-11-14-29-15-12-25/h1,3-8,16H,9-15H2,(H,24,26). The van der Waals surface area contributed by atoms with Crippen LogP contribution >= 0.6 is 0 Å². The molecule has 0 aliphatic carbocycles. The van der Waals surface area contributed by atoms with Crippen molar-refractivity contribution in [2.24, 2.45) is 0 Å². The zero-order valence-corrected chi connectivity index (χ0v) is 17.7. The average Bonchev–Trinajstić information content (AvgIpc) is 2.79. The lowest BCUT2D eigenvalue weighted by atomic mass is 10.1. The summed E-state index contributed by atoms with van der Waals surface area (Å²) in [5.74, 6) is 1.68. The van der Waals surface area contributed by atoms with E-state index < -0.39 is 26.6 Å². The molecule has 1 aliphatic heterocycles. The third kappa shape index (κ3) is 5.82. The van der Waals surface area contributed by atoms with Gasteiger partial charge >= 0.3 is 0 Å². The van der Waals surface area contributed by atoms with Gasteiger partial charge in [-0.05, 0) is 42.3 Å². The molecule has 0 bridgehead atoms. The van der Waals surface area contributed by atoms with E-state index in [4.69, 9.17) is 15.9 Å². The Morgan fingerprint density at radius 2 is 1.90 bits per heavy atom. The molecule has 1 aliphatic rings. The van der Waals surface area contributed by atoms with Crippen LogP contribution in [0.1, 0.15) is 15.9 Å². The van der Waals surface area contributed by atoms with Crippen LogP contribution in [-0.2, 0) is 21.2 Å². The number of benzene rings is 2. The van der Waals surface area contributed by atoms with Crippen LogP contribution in [0.3, 0.4) is 0 Å². The molecule has 2 aromatic rings. The first-order valence-corrected chi connectivity index (χ1v) is 11.2. The third-order valence-electron chi connectivity index (χ3n) is 4.73. The second-order valence-electron chi connectivity index (χ2n) is 6.80. The van der Waals surface area contributed by atoms with Gasteiger partial charge in [0.05, 0.1) is 13.2 Å². The second-order valence-corrected chi connectivity index (χ2v) is 8.71. The van der Waals surface area contributed by atoms with E-state index in [1.807, 2.05) is 12.1 Å². The number of hydrogen-bond acceptors (Lipinski definition) is 5. The Balaban J connectivity index is 1.62. The van der Waals surface area contributed by atoms with Crippen molar-refractivity contribution in [1.29, 1.82) is 0 Å². The number of nitrogens with one attached hydrogen (secondary N) is 1. The maximum absolute atomic E-state index is 14.3. The van der Waals surface area contributed by atoms with Gasteiger partial charge < -0.3 is 14.8 Å². The predicted octanol–water partition coefficient (Wildman–Crippen LogP) is 1.83. The van der Waals surface area contributed by atoms with E-state index in [-0.39, 0.29) is 38.5 Å². The van der Waals surface area contributed by atoms with Gasteiger partial charge in [0.1, 0.15) is 23.1 Å². The van der Waals surface area contributed by atoms with Gasteiger partial charge in [-0.2, -0.15) is 4.31 Å². The van der Waals surface area contributed by atoms with Gasteiger partial charge in [-0.25, -0.2) is 12.8 Å². The summed E-state index contributed by atoms with van der Waals surface area (Å²) in [6.07, 6.45) is 5.71. The van der Waals surface area contributed by atoms with Crippen molar-refractivity contribution >= 4 is 15.9 Å². The Hall–Kier alpha value is -2.93. The number of sulfonamides is 1. The molecule has 0 aromatic heterocycles. The summed E-state index contributed by atoms with van der Waals surface area (Å²) < 4.78 is 51.4. The van der Waals surface area contributed by atoms with Gasteiger partial charge in [-0.15, -0.1) is 6.42 Å². The van der Waals surface area contributed by atoms with E-state index in [9.17, 15) is 17.6 Å². The highest BCUT2D eigenvalue weighted by Crippen LogP contribution is 2.22. The van der Waals surface area contributed by atoms with Gasteiger partial charge in [0.15, 0.2) is 0 Å². The molecule has 0 spiro atoms. The molecule has 0 atom stereocenters. The van der Waals surface area contributed by atoms with Gasteiger partial charge in [0, 0.05) is 25.2 Å². The molecule has 3 rings (SSSR count). The van der Waals surface area contributed by atoms with E-state index in [0.717, 1.165) is 22.0 Å². The minimum atomic E-state index is -4.05. The predicted molar refractivity (Wildman–Crippen MR) is 113 cm³/mol. The monoisotopic (exact) mass is 446 g/mol. The molecule has 1 heterocycles. The lowest BCUT2D eigenvalue weighted by Gasteiger charge is -2.26. The third-order valence-corrected chi connectivity index (χ3v) is 6.64. The zero-order valence-electron chi connectivity index (χ0n) is 16.8. The number of halogens is 1. The molecule has 1 fully saturated rings. The van der Waals surface area contributed by atoms with E-state index >= 15 is 0 Å². The highest BCUT2D eigenvalue weighted by molar-refractivity contribution is 7.89. The highest BCUT2D eigenvalue weighted by atomic mass is 32.2. The van der Waals surface area contributed by atoms with E-state index in [0.29, 0.717) is 18.7 Å². The number of ether oxygens (including phenoxy) is 2. The normalized spacial score (nSPS) is 14.6. The maximum atomic E-state index is 14.3. The number of carbonyl (C=O) groups is 1. The van der Waals surface area contributed by atoms with Gasteiger partial charge in [-0.1, -0.05) is 18.1 Å². The second kappa shape index (κ2) is 10.4. The fourth-order valence-corrected chi connectivity index (χ4v) is 4.57. The lowest BCUT2D eigenvalue weighted by molar-refractivity contribution is 0.0729. The van der Waals surface area contributed by atoms with Gasteiger partial charge in [-0.3, -0.25) is 4.79 Å². The van der Waals surface area contributed by atoms with Crippen LogP contribution in [0.2, 0.25) is 0 Å². The largest absolute Gasteiger partial charge is 0.481 e. The van der Waals surface area contributed by atoms with Crippen molar-refractivity contribution in [3.63, 3.8) is 0 Å². The SMILES string of the molecule is C#CCOc1ccc(CCNC(=O)c2ccc(F)c(S(=O)(=O)N3CCOCC3)c2)cc1. The van der Waals surface area contributed by atoms with Crippen LogP contribution in [0.4, 0.5) is 4.39 Å². The first-order chi connectivity index (χ1) is 14.9. The van der Waals surface area contributed by atoms with Crippen molar-refractivity contribution in [3.05, 3.63) is 59.4 Å². The minimum Gasteiger partial charge on any atom is -0.481 e. The molecule has 7 nitrogen and oxygen atoms in total. The fourth-order valence-electron chi connectivity index (χ4n) is 3.07. The molecule has 0 radical (unpaired) electrons. The summed E-state index contributed by atoms with van der Waals surface area (Å²) in [5.41, 5.74) is 1.05. The Morgan fingerprint density at radius 3 is 2.58 bits per heavy atom. The molecule has 0 saturated carbocycles. The summed E-state index contributed by atoms with van der Waals surface area (Å²) >= 11 is 0. The number of carbonyl (C=O) groups excluding carboxylic acids is 1. The molecule has 1 amide bonds. The summed E-state index contributed by atoms with van der Waals surface area (Å²) in [7, 11) is -4.05. The molecule has 1 N–H and O–H groups in total. The number of amides is 1. The molecular formula is C22H23FN2O5S. The number of rotatable bonds is 8. The smallest absolute Gasteiger partial charge is 0.251 e. The number of nitrogens with zero attached hydrogens (tertiary/aromatic N) is 1. The molecule has 1 saturated heterocycles. The van der Waals surface area contributed by atoms with Crippen LogP contribution in [0.5, 0.6) is 5.75 Å². The van der Waals surface area contributed by atoms with Crippen molar-refractivity contribution < 1.29 is 27.1 Å². The molecule has 0 unspecified atom stereocenters. The van der Waals surface area contributed by atoms with E-state index in [1.54, 1.807) is 12.1 Å². The molecule has 2 aromatic carbocycles. The Bertz CT molecular complexity index is 1060. The summed E-state index contributed by atoms with van der Waals surface area (Å²) in [6, 6.07) is 10.6. The highest BCUT2D eigenvalue weighted by Gasteiger charge is 2.29. The maximum Gasteiger partial charge on any atom is 0.251 e. The summed E-state index contributed by atoms with van der Waals surface area (Å²) in [5, 5.41) is 2.73. The van der Waals surface area contributed by atoms with Crippen molar-refractivity contribution in [2.75, 3.05) is 39.5 Å². The van der Waals surface area contributed by atoms with Crippen molar-refractivity contribution in [3.8, 4) is 18.1 Å². The van der Waals surface area contributed by atoms with Crippen LogP contribution < -0.4 is 10.1 Å². The van der Waals surface area contributed by atoms with Crippen molar-refractivity contribution in [2.45, 2.75) is 11.3 Å². The van der Waals surface area contributed by atoms with Crippen LogP contribution in [0, 0.1) is 18.2 Å². The van der Waals surface area contributed by atoms with E-state index in [2.05, 4.69) is 11.2 Å². The van der Waals surface area contributed by atoms with Gasteiger partial charge in [0.25, 0.3) is 5.91 Å². The summed E-state index contributed by atoms with van der Waals surface area (Å²) in [4.78, 5) is 12.0. The first-order valence-electron chi connectivity index (χ1n) is 9.72. The Kier molecular flexibility index (Phi) is 7.63. The quantitative estimate of drug-likeness (QED) is 0.626. The Labute approximate surface area is 181 Å². The first kappa shape index (κ1) is 22.7.